The summed E-state index contributed by atoms with van der Waals surface area (Å²) in [5.74, 6) is 0.0121. The lowest BCUT2D eigenvalue weighted by Crippen LogP contribution is -2.18. The molecular formula is C17H13Cl2NO6. The molecule has 0 unspecified atom stereocenters. The first-order valence-corrected chi connectivity index (χ1v) is 7.93. The molecule has 0 aliphatic carbocycles. The Morgan fingerprint density at radius 2 is 1.88 bits per heavy atom. The van der Waals surface area contributed by atoms with Crippen LogP contribution in [0.5, 0.6) is 17.2 Å². The Hall–Kier alpha value is -2.77. The van der Waals surface area contributed by atoms with Crippen LogP contribution in [-0.4, -0.2) is 24.6 Å². The molecule has 0 aliphatic rings. The van der Waals surface area contributed by atoms with Gasteiger partial charge in [-0.25, -0.2) is 4.79 Å². The van der Waals surface area contributed by atoms with Crippen molar-refractivity contribution in [2.24, 2.45) is 0 Å². The zero-order valence-corrected chi connectivity index (χ0v) is 15.0. The molecule has 26 heavy (non-hydrogen) atoms. The average molecular weight is 398 g/mol. The normalized spacial score (nSPS) is 10.6. The molecule has 9 heteroatoms. The highest BCUT2D eigenvalue weighted by Crippen LogP contribution is 2.30. The molecule has 0 aromatic heterocycles. The van der Waals surface area contributed by atoms with Gasteiger partial charge in [-0.1, -0.05) is 29.3 Å². The van der Waals surface area contributed by atoms with Crippen molar-refractivity contribution in [2.75, 3.05) is 13.7 Å². The number of carbonyl (C=O) groups excluding carboxylic acids is 1. The molecule has 0 bridgehead atoms. The van der Waals surface area contributed by atoms with Crippen LogP contribution in [0.1, 0.15) is 5.56 Å². The van der Waals surface area contributed by atoms with Crippen LogP contribution in [-0.2, 0) is 4.79 Å². The first-order valence-electron chi connectivity index (χ1n) is 7.17. The second-order valence-corrected chi connectivity index (χ2v) is 5.69. The maximum atomic E-state index is 12.0. The summed E-state index contributed by atoms with van der Waals surface area (Å²) in [6.07, 6.45) is 2.09. The van der Waals surface area contributed by atoms with Gasteiger partial charge in [-0.05, 0) is 35.9 Å². The predicted octanol–water partition coefficient (Wildman–Crippen LogP) is 4.23. The topological polar surface area (TPSA) is 87.9 Å². The summed E-state index contributed by atoms with van der Waals surface area (Å²) in [7, 11) is 1.39. The van der Waals surface area contributed by atoms with E-state index in [0.717, 1.165) is 6.20 Å². The highest BCUT2D eigenvalue weighted by atomic mass is 35.5. The molecule has 136 valence electrons. The summed E-state index contributed by atoms with van der Waals surface area (Å²) >= 11 is 11.7. The summed E-state index contributed by atoms with van der Waals surface area (Å²) in [5, 5.41) is 11.1. The van der Waals surface area contributed by atoms with Gasteiger partial charge in [0.25, 0.3) is 0 Å². The van der Waals surface area contributed by atoms with Crippen molar-refractivity contribution in [1.29, 1.82) is 0 Å². The quantitative estimate of drug-likeness (QED) is 0.300. The van der Waals surface area contributed by atoms with Gasteiger partial charge in [-0.2, -0.15) is 0 Å². The molecule has 0 heterocycles. The van der Waals surface area contributed by atoms with Crippen LogP contribution in [0.4, 0.5) is 0 Å². The molecule has 0 saturated heterocycles. The number of halogens is 2. The largest absolute Gasteiger partial charge is 0.493 e. The smallest absolute Gasteiger partial charge is 0.349 e. The number of nitro groups is 1. The van der Waals surface area contributed by atoms with Crippen LogP contribution in [0, 0.1) is 10.1 Å². The Labute approximate surface area is 158 Å². The number of ether oxygens (including phenoxy) is 3. The van der Waals surface area contributed by atoms with Crippen LogP contribution >= 0.6 is 23.2 Å². The molecule has 0 radical (unpaired) electrons. The third kappa shape index (κ3) is 5.65. The van der Waals surface area contributed by atoms with Crippen LogP contribution in [0.15, 0.2) is 42.6 Å². The number of rotatable bonds is 7. The van der Waals surface area contributed by atoms with E-state index >= 15 is 0 Å². The van der Waals surface area contributed by atoms with Crippen LogP contribution < -0.4 is 14.2 Å². The second-order valence-electron chi connectivity index (χ2n) is 4.85. The Morgan fingerprint density at radius 1 is 1.15 bits per heavy atom. The van der Waals surface area contributed by atoms with E-state index in [9.17, 15) is 14.9 Å². The first-order chi connectivity index (χ1) is 12.4. The molecule has 0 amide bonds. The van der Waals surface area contributed by atoms with Gasteiger partial charge in [0.05, 0.1) is 17.1 Å². The first kappa shape index (κ1) is 19.6. The molecule has 0 saturated carbocycles. The fraction of sp³-hybridized carbons (Fsp3) is 0.118. The molecule has 0 spiro atoms. The van der Waals surface area contributed by atoms with Crippen molar-refractivity contribution in [3.63, 3.8) is 0 Å². The van der Waals surface area contributed by atoms with E-state index in [1.807, 2.05) is 0 Å². The molecule has 0 aliphatic heterocycles. The van der Waals surface area contributed by atoms with E-state index in [-0.39, 0.29) is 23.1 Å². The van der Waals surface area contributed by atoms with E-state index in [1.165, 1.54) is 37.5 Å². The Bertz CT molecular complexity index is 853. The molecule has 2 aromatic carbocycles. The minimum Gasteiger partial charge on any atom is -0.493 e. The fourth-order valence-electron chi connectivity index (χ4n) is 1.90. The molecule has 2 rings (SSSR count). The van der Waals surface area contributed by atoms with E-state index < -0.39 is 10.9 Å². The van der Waals surface area contributed by atoms with Crippen molar-refractivity contribution in [2.45, 2.75) is 0 Å². The monoisotopic (exact) mass is 397 g/mol. The molecule has 0 fully saturated rings. The van der Waals surface area contributed by atoms with Crippen molar-refractivity contribution in [3.05, 3.63) is 68.3 Å². The maximum absolute atomic E-state index is 12.0. The van der Waals surface area contributed by atoms with Gasteiger partial charge in [-0.3, -0.25) is 10.1 Å². The highest BCUT2D eigenvalue weighted by molar-refractivity contribution is 6.35. The molecule has 0 atom stereocenters. The number of methoxy groups -OCH3 is 1. The Kier molecular flexibility index (Phi) is 6.82. The zero-order chi connectivity index (χ0) is 19.1. The summed E-state index contributed by atoms with van der Waals surface area (Å²) in [4.78, 5) is 21.7. The lowest BCUT2D eigenvalue weighted by atomic mass is 10.2. The van der Waals surface area contributed by atoms with Crippen molar-refractivity contribution in [1.82, 2.24) is 0 Å². The van der Waals surface area contributed by atoms with E-state index in [1.54, 1.807) is 12.1 Å². The maximum Gasteiger partial charge on any atom is 0.349 e. The number of carbonyl (C=O) groups is 1. The van der Waals surface area contributed by atoms with Crippen molar-refractivity contribution < 1.29 is 23.9 Å². The van der Waals surface area contributed by atoms with Crippen LogP contribution in [0.3, 0.4) is 0 Å². The van der Waals surface area contributed by atoms with Gasteiger partial charge >= 0.3 is 5.97 Å². The minimum atomic E-state index is -0.678. The van der Waals surface area contributed by atoms with Gasteiger partial charge in [0, 0.05) is 11.1 Å². The minimum absolute atomic E-state index is 0.154. The number of esters is 1. The number of hydrogen-bond donors (Lipinski definition) is 0. The van der Waals surface area contributed by atoms with Gasteiger partial charge in [-0.15, -0.1) is 0 Å². The summed E-state index contributed by atoms with van der Waals surface area (Å²) in [5.41, 5.74) is 0.516. The van der Waals surface area contributed by atoms with Gasteiger partial charge in [0.1, 0.15) is 5.75 Å². The third-order valence-electron chi connectivity index (χ3n) is 3.04. The molecular weight excluding hydrogens is 385 g/mol. The fourth-order valence-corrected chi connectivity index (χ4v) is 2.36. The van der Waals surface area contributed by atoms with Crippen molar-refractivity contribution >= 4 is 35.2 Å². The van der Waals surface area contributed by atoms with Gasteiger partial charge < -0.3 is 14.2 Å². The lowest BCUT2D eigenvalue weighted by molar-refractivity contribution is -0.400. The zero-order valence-electron chi connectivity index (χ0n) is 13.5. The second kappa shape index (κ2) is 9.07. The predicted molar refractivity (Wildman–Crippen MR) is 96.6 cm³/mol. The van der Waals surface area contributed by atoms with Crippen LogP contribution in [0.25, 0.3) is 6.08 Å². The van der Waals surface area contributed by atoms with E-state index in [0.29, 0.717) is 16.3 Å². The molecule has 2 aromatic rings. The van der Waals surface area contributed by atoms with Crippen LogP contribution in [0.2, 0.25) is 10.0 Å². The molecule has 0 N–H and O–H groups in total. The lowest BCUT2D eigenvalue weighted by Gasteiger charge is -2.11. The van der Waals surface area contributed by atoms with Gasteiger partial charge in [0.2, 0.25) is 6.20 Å². The SMILES string of the molecule is COc1cc(/C=C/[N+](=O)[O-])ccc1OC(=O)COc1ccc(Cl)cc1Cl. The summed E-state index contributed by atoms with van der Waals surface area (Å²) in [6, 6.07) is 9.11. The average Bonchev–Trinajstić information content (AvgIpc) is 2.60. The summed E-state index contributed by atoms with van der Waals surface area (Å²) in [6.45, 7) is -0.381. The molecule has 7 nitrogen and oxygen atoms in total. The third-order valence-corrected chi connectivity index (χ3v) is 3.57. The number of nitrogens with zero attached hydrogens (tertiary/aromatic N) is 1. The van der Waals surface area contributed by atoms with E-state index in [4.69, 9.17) is 37.4 Å². The summed E-state index contributed by atoms with van der Waals surface area (Å²) < 4.78 is 15.6. The van der Waals surface area contributed by atoms with E-state index in [2.05, 4.69) is 0 Å². The van der Waals surface area contributed by atoms with Gasteiger partial charge in [0.15, 0.2) is 18.1 Å². The Balaban J connectivity index is 2.02. The Morgan fingerprint density at radius 3 is 2.54 bits per heavy atom. The highest BCUT2D eigenvalue weighted by Gasteiger charge is 2.12. The van der Waals surface area contributed by atoms with Crippen molar-refractivity contribution in [3.8, 4) is 17.2 Å². The standard InChI is InChI=1S/C17H13Cl2NO6/c1-24-16-8-11(6-7-20(22)23)2-4-15(16)26-17(21)10-25-14-5-3-12(18)9-13(14)19/h2-9H,10H2,1H3/b7-6+. The number of benzene rings is 2. The number of hydrogen-bond acceptors (Lipinski definition) is 6.